The summed E-state index contributed by atoms with van der Waals surface area (Å²) < 4.78 is 0. The van der Waals surface area contributed by atoms with E-state index in [0.717, 1.165) is 74.6 Å². The number of aromatic nitrogens is 3. The summed E-state index contributed by atoms with van der Waals surface area (Å²) in [6.45, 7) is 8.21. The Morgan fingerprint density at radius 2 is 1.48 bits per heavy atom. The lowest BCUT2D eigenvalue weighted by molar-refractivity contribution is 0.178. The van der Waals surface area contributed by atoms with Crippen LogP contribution >= 0.6 is 0 Å². The Labute approximate surface area is 183 Å². The van der Waals surface area contributed by atoms with E-state index in [4.69, 9.17) is 4.98 Å². The molecule has 8 nitrogen and oxygen atoms in total. The lowest BCUT2D eigenvalue weighted by atomic mass is 10.0. The molecule has 0 amide bonds. The molecule has 2 aliphatic rings. The molecule has 1 aromatic carbocycles. The maximum absolute atomic E-state index is 4.72. The van der Waals surface area contributed by atoms with E-state index < -0.39 is 0 Å². The van der Waals surface area contributed by atoms with Crippen molar-refractivity contribution in [2.24, 2.45) is 0 Å². The molecule has 0 atom stereocenters. The second-order valence-electron chi connectivity index (χ2n) is 8.56. The third kappa shape index (κ3) is 4.61. The molecule has 4 heterocycles. The number of fused-ring (bicyclic) bond motifs is 1. The third-order valence-electron chi connectivity index (χ3n) is 6.25. The zero-order valence-corrected chi connectivity index (χ0v) is 18.3. The van der Waals surface area contributed by atoms with Gasteiger partial charge in [0.2, 0.25) is 5.95 Å². The number of hydrogen-bond acceptors (Lipinski definition) is 8. The van der Waals surface area contributed by atoms with Gasteiger partial charge in [0.25, 0.3) is 0 Å². The quantitative estimate of drug-likeness (QED) is 0.691. The SMILES string of the molecule is CN1CCN(Nc2ncc3cc(-c4ccnc(N5CCN(C)CC5)c4)ccc3n2)CC1. The number of hydrazine groups is 1. The maximum atomic E-state index is 4.72. The minimum absolute atomic E-state index is 0.658. The van der Waals surface area contributed by atoms with Gasteiger partial charge < -0.3 is 14.7 Å². The molecule has 1 N–H and O–H groups in total. The van der Waals surface area contributed by atoms with Crippen LogP contribution in [0.2, 0.25) is 0 Å². The van der Waals surface area contributed by atoms with Gasteiger partial charge in [0, 0.05) is 70.1 Å². The van der Waals surface area contributed by atoms with Gasteiger partial charge in [0.15, 0.2) is 0 Å². The van der Waals surface area contributed by atoms with Gasteiger partial charge in [-0.25, -0.2) is 20.0 Å². The average Bonchev–Trinajstić information content (AvgIpc) is 2.81. The number of likely N-dealkylation sites (N-methyl/N-ethyl adjacent to an activating group) is 2. The summed E-state index contributed by atoms with van der Waals surface area (Å²) in [4.78, 5) is 20.9. The molecule has 0 saturated carbocycles. The Morgan fingerprint density at radius 3 is 2.26 bits per heavy atom. The standard InChI is InChI=1S/C23H30N8/c1-28-7-11-30(12-8-28)22-16-19(5-6-24-22)18-3-4-21-20(15-18)17-25-23(26-21)27-31-13-9-29(2)10-14-31/h3-6,15-17H,7-14H2,1-2H3,(H,25,26,27). The summed E-state index contributed by atoms with van der Waals surface area (Å²) in [5.74, 6) is 1.71. The highest BCUT2D eigenvalue weighted by Crippen LogP contribution is 2.26. The molecule has 31 heavy (non-hydrogen) atoms. The molecule has 0 spiro atoms. The number of rotatable bonds is 4. The van der Waals surface area contributed by atoms with Crippen LogP contribution in [0.4, 0.5) is 11.8 Å². The molecule has 3 aromatic rings. The van der Waals surface area contributed by atoms with Crippen LogP contribution in [-0.2, 0) is 0 Å². The van der Waals surface area contributed by atoms with E-state index in [0.29, 0.717) is 5.95 Å². The number of nitrogens with one attached hydrogen (secondary N) is 1. The largest absolute Gasteiger partial charge is 0.354 e. The molecule has 0 aliphatic carbocycles. The van der Waals surface area contributed by atoms with Gasteiger partial charge in [-0.15, -0.1) is 0 Å². The minimum Gasteiger partial charge on any atom is -0.354 e. The fourth-order valence-electron chi connectivity index (χ4n) is 4.13. The van der Waals surface area contributed by atoms with Gasteiger partial charge in [0.1, 0.15) is 5.82 Å². The van der Waals surface area contributed by atoms with Crippen LogP contribution < -0.4 is 10.3 Å². The molecule has 2 aromatic heterocycles. The van der Waals surface area contributed by atoms with Gasteiger partial charge in [-0.05, 0) is 49.5 Å². The predicted molar refractivity (Wildman–Crippen MR) is 125 cm³/mol. The molecular formula is C23H30N8. The first-order valence-electron chi connectivity index (χ1n) is 11.0. The van der Waals surface area contributed by atoms with E-state index in [1.165, 1.54) is 5.56 Å². The highest BCUT2D eigenvalue weighted by Gasteiger charge is 2.16. The van der Waals surface area contributed by atoms with Crippen LogP contribution in [0.15, 0.2) is 42.7 Å². The van der Waals surface area contributed by atoms with Crippen molar-refractivity contribution < 1.29 is 0 Å². The van der Waals surface area contributed by atoms with Crippen LogP contribution in [0.25, 0.3) is 22.0 Å². The van der Waals surface area contributed by atoms with Gasteiger partial charge in [-0.1, -0.05) is 6.07 Å². The van der Waals surface area contributed by atoms with Crippen molar-refractivity contribution in [2.75, 3.05) is 76.8 Å². The Hall–Kier alpha value is -2.81. The maximum Gasteiger partial charge on any atom is 0.238 e. The molecule has 0 radical (unpaired) electrons. The highest BCUT2D eigenvalue weighted by molar-refractivity contribution is 5.84. The summed E-state index contributed by atoms with van der Waals surface area (Å²) in [5.41, 5.74) is 6.63. The number of hydrogen-bond donors (Lipinski definition) is 1. The molecule has 2 saturated heterocycles. The Morgan fingerprint density at radius 1 is 0.774 bits per heavy atom. The summed E-state index contributed by atoms with van der Waals surface area (Å²) in [5, 5.41) is 3.23. The number of piperazine rings is 2. The van der Waals surface area contributed by atoms with Crippen molar-refractivity contribution in [1.82, 2.24) is 29.8 Å². The minimum atomic E-state index is 0.658. The second-order valence-corrected chi connectivity index (χ2v) is 8.56. The molecule has 8 heteroatoms. The van der Waals surface area contributed by atoms with Gasteiger partial charge >= 0.3 is 0 Å². The summed E-state index contributed by atoms with van der Waals surface area (Å²) in [6, 6.07) is 10.6. The third-order valence-corrected chi connectivity index (χ3v) is 6.25. The summed E-state index contributed by atoms with van der Waals surface area (Å²) in [7, 11) is 4.32. The van der Waals surface area contributed by atoms with Crippen LogP contribution in [-0.4, -0.2) is 96.2 Å². The Kier molecular flexibility index (Phi) is 5.67. The van der Waals surface area contributed by atoms with Crippen molar-refractivity contribution in [3.63, 3.8) is 0 Å². The molecule has 2 aliphatic heterocycles. The number of benzene rings is 1. The molecule has 162 valence electrons. The van der Waals surface area contributed by atoms with Crippen LogP contribution in [0, 0.1) is 0 Å². The number of nitrogens with zero attached hydrogens (tertiary/aromatic N) is 7. The molecule has 2 fully saturated rings. The van der Waals surface area contributed by atoms with Crippen LogP contribution in [0.3, 0.4) is 0 Å². The number of anilines is 2. The van der Waals surface area contributed by atoms with Crippen LogP contribution in [0.5, 0.6) is 0 Å². The first-order chi connectivity index (χ1) is 15.1. The van der Waals surface area contributed by atoms with Crippen molar-refractivity contribution >= 4 is 22.7 Å². The average molecular weight is 419 g/mol. The molecular weight excluding hydrogens is 388 g/mol. The molecule has 0 bridgehead atoms. The smallest absolute Gasteiger partial charge is 0.238 e. The topological polar surface area (TPSA) is 63.7 Å². The first kappa shape index (κ1) is 20.1. The number of pyridine rings is 1. The second kappa shape index (κ2) is 8.74. The van der Waals surface area contributed by atoms with Crippen molar-refractivity contribution in [3.8, 4) is 11.1 Å². The van der Waals surface area contributed by atoms with E-state index in [1.807, 2.05) is 12.4 Å². The van der Waals surface area contributed by atoms with E-state index >= 15 is 0 Å². The normalized spacial score (nSPS) is 19.1. The van der Waals surface area contributed by atoms with Crippen molar-refractivity contribution in [3.05, 3.63) is 42.7 Å². The summed E-state index contributed by atoms with van der Waals surface area (Å²) in [6.07, 6.45) is 3.82. The zero-order chi connectivity index (χ0) is 21.2. The van der Waals surface area contributed by atoms with Crippen molar-refractivity contribution in [2.45, 2.75) is 0 Å². The van der Waals surface area contributed by atoms with Crippen molar-refractivity contribution in [1.29, 1.82) is 0 Å². The molecule has 0 unspecified atom stereocenters. The lowest BCUT2D eigenvalue weighted by Gasteiger charge is -2.33. The van der Waals surface area contributed by atoms with E-state index in [9.17, 15) is 0 Å². The van der Waals surface area contributed by atoms with Gasteiger partial charge in [0.05, 0.1) is 5.52 Å². The molecule has 5 rings (SSSR count). The lowest BCUT2D eigenvalue weighted by Crippen LogP contribution is -2.47. The van der Waals surface area contributed by atoms with E-state index in [2.05, 4.69) is 79.5 Å². The Bertz CT molecular complexity index is 1040. The van der Waals surface area contributed by atoms with Gasteiger partial charge in [-0.3, -0.25) is 5.43 Å². The predicted octanol–water partition coefficient (Wildman–Crippen LogP) is 2.02. The Balaban J connectivity index is 1.33. The van der Waals surface area contributed by atoms with Gasteiger partial charge in [-0.2, -0.15) is 0 Å². The summed E-state index contributed by atoms with van der Waals surface area (Å²) >= 11 is 0. The first-order valence-corrected chi connectivity index (χ1v) is 11.0. The van der Waals surface area contributed by atoms with E-state index in [1.54, 1.807) is 0 Å². The van der Waals surface area contributed by atoms with E-state index in [-0.39, 0.29) is 0 Å². The fraction of sp³-hybridized carbons (Fsp3) is 0.435. The highest BCUT2D eigenvalue weighted by atomic mass is 15.6. The fourth-order valence-corrected chi connectivity index (χ4v) is 4.13. The van der Waals surface area contributed by atoms with Crippen LogP contribution in [0.1, 0.15) is 0 Å². The monoisotopic (exact) mass is 418 g/mol. The zero-order valence-electron chi connectivity index (χ0n) is 18.3.